The van der Waals surface area contributed by atoms with Crippen molar-refractivity contribution in [1.29, 1.82) is 0 Å². The molecule has 0 unspecified atom stereocenters. The Balaban J connectivity index is 2.50. The van der Waals surface area contributed by atoms with E-state index in [-0.39, 0.29) is 12.8 Å². The second kappa shape index (κ2) is 5.93. The van der Waals surface area contributed by atoms with Gasteiger partial charge in [-0.05, 0) is 18.6 Å². The van der Waals surface area contributed by atoms with Crippen molar-refractivity contribution in [3.63, 3.8) is 0 Å². The average molecular weight is 266 g/mol. The first kappa shape index (κ1) is 14.6. The number of rotatable bonds is 5. The lowest BCUT2D eigenvalue weighted by molar-refractivity contribution is -0.137. The third-order valence-electron chi connectivity index (χ3n) is 2.35. The van der Waals surface area contributed by atoms with Crippen LogP contribution in [-0.2, 0) is 11.2 Å². The lowest BCUT2D eigenvalue weighted by atomic mass is 10.0. The molecule has 0 fully saturated rings. The Hall–Kier alpha value is -1.46. The first-order chi connectivity index (χ1) is 8.29. The van der Waals surface area contributed by atoms with E-state index in [9.17, 15) is 26.7 Å². The average Bonchev–Trinajstić information content (AvgIpc) is 2.22. The quantitative estimate of drug-likeness (QED) is 0.741. The molecule has 0 heterocycles. The molecule has 0 saturated carbocycles. The van der Waals surface area contributed by atoms with Crippen LogP contribution in [0.4, 0.5) is 22.0 Å². The smallest absolute Gasteiger partial charge is 0.299 e. The highest BCUT2D eigenvalue weighted by Gasteiger charge is 2.26. The molecule has 1 aromatic carbocycles. The summed E-state index contributed by atoms with van der Waals surface area (Å²) in [5, 5.41) is 0. The Labute approximate surface area is 101 Å². The van der Waals surface area contributed by atoms with Gasteiger partial charge in [0.2, 0.25) is 0 Å². The second-order valence-corrected chi connectivity index (χ2v) is 3.88. The number of halogens is 5. The van der Waals surface area contributed by atoms with Gasteiger partial charge in [-0.25, -0.2) is 8.78 Å². The van der Waals surface area contributed by atoms with Gasteiger partial charge in [-0.2, -0.15) is 13.2 Å². The predicted molar refractivity (Wildman–Crippen MR) is 55.0 cm³/mol. The SMILES string of the molecule is O=C(CCCC(F)(F)F)Cc1c(F)cccc1F. The number of ketones is 1. The summed E-state index contributed by atoms with van der Waals surface area (Å²) in [7, 11) is 0. The van der Waals surface area contributed by atoms with E-state index in [1.54, 1.807) is 0 Å². The summed E-state index contributed by atoms with van der Waals surface area (Å²) in [4.78, 5) is 11.3. The molecule has 100 valence electrons. The van der Waals surface area contributed by atoms with E-state index >= 15 is 0 Å². The van der Waals surface area contributed by atoms with E-state index in [2.05, 4.69) is 0 Å². The van der Waals surface area contributed by atoms with Crippen LogP contribution in [0.2, 0.25) is 0 Å². The van der Waals surface area contributed by atoms with Crippen LogP contribution in [0.15, 0.2) is 18.2 Å². The Morgan fingerprint density at radius 1 is 1.11 bits per heavy atom. The van der Waals surface area contributed by atoms with Gasteiger partial charge >= 0.3 is 6.18 Å². The summed E-state index contributed by atoms with van der Waals surface area (Å²) >= 11 is 0. The van der Waals surface area contributed by atoms with Crippen molar-refractivity contribution in [2.45, 2.75) is 31.9 Å². The summed E-state index contributed by atoms with van der Waals surface area (Å²) in [6.45, 7) is 0. The zero-order valence-corrected chi connectivity index (χ0v) is 9.36. The molecule has 0 spiro atoms. The molecule has 0 aliphatic carbocycles. The van der Waals surface area contributed by atoms with E-state index in [0.29, 0.717) is 0 Å². The molecular weight excluding hydrogens is 255 g/mol. The largest absolute Gasteiger partial charge is 0.389 e. The molecular formula is C12H11F5O. The molecule has 0 saturated heterocycles. The maximum atomic E-state index is 13.2. The molecule has 1 aromatic rings. The van der Waals surface area contributed by atoms with Gasteiger partial charge in [-0.1, -0.05) is 6.07 Å². The van der Waals surface area contributed by atoms with E-state index in [1.165, 1.54) is 0 Å². The molecule has 0 aliphatic rings. The van der Waals surface area contributed by atoms with E-state index in [4.69, 9.17) is 0 Å². The topological polar surface area (TPSA) is 17.1 Å². The number of carbonyl (C=O) groups excluding carboxylic acids is 1. The summed E-state index contributed by atoms with van der Waals surface area (Å²) in [5.41, 5.74) is -0.394. The number of carbonyl (C=O) groups is 1. The second-order valence-electron chi connectivity index (χ2n) is 3.88. The number of alkyl halides is 3. The van der Waals surface area contributed by atoms with Crippen molar-refractivity contribution >= 4 is 5.78 Å². The molecule has 1 rings (SSSR count). The van der Waals surface area contributed by atoms with Gasteiger partial charge in [0, 0.05) is 24.8 Å². The minimum absolute atomic E-state index is 0.340. The van der Waals surface area contributed by atoms with Crippen LogP contribution in [0.25, 0.3) is 0 Å². The predicted octanol–water partition coefficient (Wildman–Crippen LogP) is 3.81. The van der Waals surface area contributed by atoms with E-state index in [0.717, 1.165) is 18.2 Å². The molecule has 0 N–H and O–H groups in total. The van der Waals surface area contributed by atoms with Crippen molar-refractivity contribution in [1.82, 2.24) is 0 Å². The fourth-order valence-electron chi connectivity index (χ4n) is 1.47. The molecule has 0 atom stereocenters. The molecule has 18 heavy (non-hydrogen) atoms. The van der Waals surface area contributed by atoms with Gasteiger partial charge in [0.05, 0.1) is 0 Å². The highest BCUT2D eigenvalue weighted by molar-refractivity contribution is 5.80. The standard InChI is InChI=1S/C12H11F5O/c13-10-4-1-5-11(14)9(10)7-8(18)3-2-6-12(15,16)17/h1,4-5H,2-3,6-7H2. The Morgan fingerprint density at radius 2 is 1.67 bits per heavy atom. The number of benzene rings is 1. The maximum absolute atomic E-state index is 13.2. The van der Waals surface area contributed by atoms with Gasteiger partial charge in [-0.3, -0.25) is 4.79 Å². The van der Waals surface area contributed by atoms with Gasteiger partial charge in [0.25, 0.3) is 0 Å². The Kier molecular flexibility index (Phi) is 4.81. The van der Waals surface area contributed by atoms with Crippen molar-refractivity contribution < 1.29 is 26.7 Å². The normalized spacial score (nSPS) is 11.6. The lowest BCUT2D eigenvalue weighted by Crippen LogP contribution is -2.10. The van der Waals surface area contributed by atoms with Crippen molar-refractivity contribution in [2.24, 2.45) is 0 Å². The molecule has 0 bridgehead atoms. The van der Waals surface area contributed by atoms with Crippen molar-refractivity contribution in [3.8, 4) is 0 Å². The molecule has 0 amide bonds. The van der Waals surface area contributed by atoms with Crippen LogP contribution >= 0.6 is 0 Å². The highest BCUT2D eigenvalue weighted by Crippen LogP contribution is 2.22. The van der Waals surface area contributed by atoms with E-state index < -0.39 is 42.0 Å². The molecule has 1 nitrogen and oxygen atoms in total. The first-order valence-corrected chi connectivity index (χ1v) is 5.31. The van der Waals surface area contributed by atoms with Gasteiger partial charge in [0.1, 0.15) is 17.4 Å². The molecule has 0 aliphatic heterocycles. The Morgan fingerprint density at radius 3 is 2.17 bits per heavy atom. The van der Waals surface area contributed by atoms with Gasteiger partial charge in [-0.15, -0.1) is 0 Å². The third-order valence-corrected chi connectivity index (χ3v) is 2.35. The lowest BCUT2D eigenvalue weighted by Gasteiger charge is -2.06. The zero-order chi connectivity index (χ0) is 13.8. The zero-order valence-electron chi connectivity index (χ0n) is 9.36. The summed E-state index contributed by atoms with van der Waals surface area (Å²) < 4.78 is 61.8. The number of hydrogen-bond acceptors (Lipinski definition) is 1. The minimum atomic E-state index is -4.32. The maximum Gasteiger partial charge on any atom is 0.389 e. The monoisotopic (exact) mass is 266 g/mol. The fourth-order valence-corrected chi connectivity index (χ4v) is 1.47. The van der Waals surface area contributed by atoms with Crippen LogP contribution in [0.5, 0.6) is 0 Å². The fraction of sp³-hybridized carbons (Fsp3) is 0.417. The van der Waals surface area contributed by atoms with E-state index in [1.807, 2.05) is 0 Å². The number of Topliss-reactive ketones (excluding diaryl/α,β-unsaturated/α-hetero) is 1. The van der Waals surface area contributed by atoms with Crippen molar-refractivity contribution in [3.05, 3.63) is 35.4 Å². The van der Waals surface area contributed by atoms with Crippen LogP contribution in [0.3, 0.4) is 0 Å². The Bertz CT molecular complexity index is 405. The highest BCUT2D eigenvalue weighted by atomic mass is 19.4. The minimum Gasteiger partial charge on any atom is -0.299 e. The van der Waals surface area contributed by atoms with Gasteiger partial charge in [0.15, 0.2) is 0 Å². The summed E-state index contributed by atoms with van der Waals surface area (Å²) in [6, 6.07) is 3.16. The first-order valence-electron chi connectivity index (χ1n) is 5.31. The van der Waals surface area contributed by atoms with Crippen LogP contribution in [0.1, 0.15) is 24.8 Å². The third kappa shape index (κ3) is 4.81. The van der Waals surface area contributed by atoms with Gasteiger partial charge < -0.3 is 0 Å². The molecule has 6 heteroatoms. The van der Waals surface area contributed by atoms with Crippen LogP contribution in [-0.4, -0.2) is 12.0 Å². The van der Waals surface area contributed by atoms with Crippen LogP contribution < -0.4 is 0 Å². The summed E-state index contributed by atoms with van der Waals surface area (Å²) in [5.74, 6) is -2.33. The van der Waals surface area contributed by atoms with Crippen molar-refractivity contribution in [2.75, 3.05) is 0 Å². The van der Waals surface area contributed by atoms with Crippen LogP contribution in [0, 0.1) is 11.6 Å². The number of hydrogen-bond donors (Lipinski definition) is 0. The molecule has 0 radical (unpaired) electrons. The molecule has 0 aromatic heterocycles. The summed E-state index contributed by atoms with van der Waals surface area (Å²) in [6.07, 6.45) is -6.61.